The largest absolute Gasteiger partial charge is 0.466 e. The Kier molecular flexibility index (Phi) is 5.71. The molecule has 0 spiro atoms. The van der Waals surface area contributed by atoms with Crippen LogP contribution in [0.15, 0.2) is 40.8 Å². The number of carbonyl (C=O) groups is 1. The molecule has 1 atom stereocenters. The van der Waals surface area contributed by atoms with Gasteiger partial charge < -0.3 is 4.74 Å². The number of methoxy groups -OCH3 is 1. The predicted octanol–water partition coefficient (Wildman–Crippen LogP) is 2.17. The highest BCUT2D eigenvalue weighted by molar-refractivity contribution is 7.85. The van der Waals surface area contributed by atoms with E-state index in [1.807, 2.05) is 19.1 Å². The summed E-state index contributed by atoms with van der Waals surface area (Å²) in [7, 11) is -0.142. The van der Waals surface area contributed by atoms with Gasteiger partial charge in [0.1, 0.15) is 6.67 Å². The summed E-state index contributed by atoms with van der Waals surface area (Å²) in [5.41, 5.74) is 1.23. The molecule has 0 unspecified atom stereocenters. The number of halogens is 1. The number of hydrogen-bond donors (Lipinski definition) is 0. The molecule has 1 rings (SSSR count). The summed E-state index contributed by atoms with van der Waals surface area (Å²) in [5, 5.41) is 0. The normalized spacial score (nSPS) is 13.2. The number of aryl methyl sites for hydroxylation is 1. The molecule has 0 aliphatic heterocycles. The molecule has 0 heterocycles. The van der Waals surface area contributed by atoms with Crippen LogP contribution in [0.2, 0.25) is 0 Å². The van der Waals surface area contributed by atoms with Crippen LogP contribution in [0.4, 0.5) is 4.39 Å². The van der Waals surface area contributed by atoms with E-state index in [0.717, 1.165) is 11.6 Å². The Morgan fingerprint density at radius 2 is 2.00 bits per heavy atom. The van der Waals surface area contributed by atoms with Crippen molar-refractivity contribution in [3.63, 3.8) is 0 Å². The van der Waals surface area contributed by atoms with E-state index in [9.17, 15) is 13.4 Å². The van der Waals surface area contributed by atoms with Crippen molar-refractivity contribution < 1.29 is 18.1 Å². The van der Waals surface area contributed by atoms with Crippen LogP contribution < -0.4 is 0 Å². The maximum absolute atomic E-state index is 12.7. The van der Waals surface area contributed by atoms with Crippen LogP contribution in [0.3, 0.4) is 0 Å². The quantitative estimate of drug-likeness (QED) is 0.608. The molecule has 1 aromatic rings. The average molecular weight is 270 g/mol. The highest BCUT2D eigenvalue weighted by atomic mass is 32.2. The smallest absolute Gasteiger partial charge is 0.330 e. The lowest BCUT2D eigenvalue weighted by atomic mass is 10.2. The first-order valence-electron chi connectivity index (χ1n) is 5.35. The highest BCUT2D eigenvalue weighted by Gasteiger charge is 2.09. The first-order chi connectivity index (χ1) is 8.56. The molecular formula is C13H15FO3S. The molecule has 0 bridgehead atoms. The van der Waals surface area contributed by atoms with Crippen LogP contribution >= 0.6 is 0 Å². The number of carbonyl (C=O) groups excluding carboxylic acids is 1. The summed E-state index contributed by atoms with van der Waals surface area (Å²) >= 11 is 0. The zero-order chi connectivity index (χ0) is 13.5. The zero-order valence-corrected chi connectivity index (χ0v) is 11.1. The molecule has 98 valence electrons. The first kappa shape index (κ1) is 14.6. The molecule has 0 saturated heterocycles. The van der Waals surface area contributed by atoms with Crippen molar-refractivity contribution in [1.29, 1.82) is 0 Å². The molecule has 0 aliphatic carbocycles. The van der Waals surface area contributed by atoms with Gasteiger partial charge in [0.25, 0.3) is 0 Å². The van der Waals surface area contributed by atoms with Gasteiger partial charge in [-0.05, 0) is 24.6 Å². The van der Waals surface area contributed by atoms with E-state index in [4.69, 9.17) is 0 Å². The fourth-order valence-electron chi connectivity index (χ4n) is 1.29. The minimum absolute atomic E-state index is 0.00530. The summed E-state index contributed by atoms with van der Waals surface area (Å²) in [5.74, 6) is -0.641. The summed E-state index contributed by atoms with van der Waals surface area (Å²) in [6.07, 6.45) is 1.05. The van der Waals surface area contributed by atoms with Crippen molar-refractivity contribution in [2.24, 2.45) is 0 Å². The molecule has 0 N–H and O–H groups in total. The maximum Gasteiger partial charge on any atom is 0.330 e. The first-order valence-corrected chi connectivity index (χ1v) is 6.67. The number of esters is 1. The van der Waals surface area contributed by atoms with Gasteiger partial charge in [0.2, 0.25) is 0 Å². The standard InChI is InChI=1S/C13H15FO3S/c1-10-3-5-12(6-4-10)18(16)9-11(8-14)7-13(15)17-2/h3-7H,8-9H2,1-2H3/b11-7+/t18-/m1/s1. The van der Waals surface area contributed by atoms with Crippen molar-refractivity contribution in [3.05, 3.63) is 41.5 Å². The molecule has 5 heteroatoms. The van der Waals surface area contributed by atoms with Gasteiger partial charge in [0, 0.05) is 11.0 Å². The van der Waals surface area contributed by atoms with E-state index < -0.39 is 23.4 Å². The van der Waals surface area contributed by atoms with Crippen molar-refractivity contribution in [3.8, 4) is 0 Å². The van der Waals surface area contributed by atoms with Gasteiger partial charge in [0.05, 0.1) is 23.7 Å². The van der Waals surface area contributed by atoms with Gasteiger partial charge in [-0.25, -0.2) is 9.18 Å². The van der Waals surface area contributed by atoms with Gasteiger partial charge >= 0.3 is 5.97 Å². The monoisotopic (exact) mass is 270 g/mol. The number of benzene rings is 1. The fourth-order valence-corrected chi connectivity index (χ4v) is 2.39. The molecule has 0 aliphatic rings. The Bertz CT molecular complexity index is 466. The third-order valence-corrected chi connectivity index (χ3v) is 3.73. The average Bonchev–Trinajstić information content (AvgIpc) is 2.38. The number of ether oxygens (including phenoxy) is 1. The second-order valence-electron chi connectivity index (χ2n) is 3.76. The lowest BCUT2D eigenvalue weighted by molar-refractivity contribution is -0.134. The Labute approximate surface area is 108 Å². The molecule has 0 fully saturated rings. The van der Waals surface area contributed by atoms with E-state index in [0.29, 0.717) is 4.90 Å². The van der Waals surface area contributed by atoms with Crippen LogP contribution in [-0.2, 0) is 20.3 Å². The number of rotatable bonds is 5. The minimum Gasteiger partial charge on any atom is -0.466 e. The summed E-state index contributed by atoms with van der Waals surface area (Å²) in [6.45, 7) is 1.11. The maximum atomic E-state index is 12.7. The lowest BCUT2D eigenvalue weighted by Crippen LogP contribution is -2.06. The summed E-state index contributed by atoms with van der Waals surface area (Å²) in [4.78, 5) is 11.6. The second kappa shape index (κ2) is 7.06. The van der Waals surface area contributed by atoms with Gasteiger partial charge in [-0.2, -0.15) is 0 Å². The molecule has 3 nitrogen and oxygen atoms in total. The Hall–Kier alpha value is -1.49. The lowest BCUT2D eigenvalue weighted by Gasteiger charge is -2.04. The Balaban J connectivity index is 2.76. The molecule has 0 amide bonds. The SMILES string of the molecule is COC(=O)/C=C(\CF)C[S@@](=O)c1ccc(C)cc1. The van der Waals surface area contributed by atoms with Crippen molar-refractivity contribution in [2.45, 2.75) is 11.8 Å². The molecule has 0 radical (unpaired) electrons. The Morgan fingerprint density at radius 1 is 1.39 bits per heavy atom. The molecule has 0 aromatic heterocycles. The molecule has 18 heavy (non-hydrogen) atoms. The molecule has 0 saturated carbocycles. The van der Waals surface area contributed by atoms with E-state index >= 15 is 0 Å². The van der Waals surface area contributed by atoms with Crippen LogP contribution in [-0.4, -0.2) is 29.7 Å². The van der Waals surface area contributed by atoms with Crippen molar-refractivity contribution in [1.82, 2.24) is 0 Å². The van der Waals surface area contributed by atoms with Crippen LogP contribution in [0.5, 0.6) is 0 Å². The van der Waals surface area contributed by atoms with Gasteiger partial charge in [-0.15, -0.1) is 0 Å². The van der Waals surface area contributed by atoms with E-state index in [2.05, 4.69) is 4.74 Å². The van der Waals surface area contributed by atoms with E-state index in [-0.39, 0.29) is 11.3 Å². The molecule has 1 aromatic carbocycles. The van der Waals surface area contributed by atoms with Crippen LogP contribution in [0.25, 0.3) is 0 Å². The number of hydrogen-bond acceptors (Lipinski definition) is 3. The van der Waals surface area contributed by atoms with E-state index in [1.165, 1.54) is 7.11 Å². The third-order valence-electron chi connectivity index (χ3n) is 2.30. The predicted molar refractivity (Wildman–Crippen MR) is 68.5 cm³/mol. The number of alkyl halides is 1. The Morgan fingerprint density at radius 3 is 2.50 bits per heavy atom. The van der Waals surface area contributed by atoms with Crippen LogP contribution in [0, 0.1) is 6.92 Å². The van der Waals surface area contributed by atoms with Crippen LogP contribution in [0.1, 0.15) is 5.56 Å². The third kappa shape index (κ3) is 4.41. The topological polar surface area (TPSA) is 43.4 Å². The fraction of sp³-hybridized carbons (Fsp3) is 0.308. The minimum atomic E-state index is -1.36. The van der Waals surface area contributed by atoms with Gasteiger partial charge in [-0.1, -0.05) is 17.7 Å². The highest BCUT2D eigenvalue weighted by Crippen LogP contribution is 2.11. The summed E-state index contributed by atoms with van der Waals surface area (Å²) in [6, 6.07) is 7.15. The zero-order valence-electron chi connectivity index (χ0n) is 10.3. The second-order valence-corrected chi connectivity index (χ2v) is 5.21. The van der Waals surface area contributed by atoms with Gasteiger partial charge in [-0.3, -0.25) is 4.21 Å². The van der Waals surface area contributed by atoms with Crippen molar-refractivity contribution in [2.75, 3.05) is 19.5 Å². The van der Waals surface area contributed by atoms with E-state index in [1.54, 1.807) is 12.1 Å². The molecular weight excluding hydrogens is 255 g/mol. The van der Waals surface area contributed by atoms with Crippen molar-refractivity contribution >= 4 is 16.8 Å². The van der Waals surface area contributed by atoms with Gasteiger partial charge in [0.15, 0.2) is 0 Å². The summed E-state index contributed by atoms with van der Waals surface area (Å²) < 4.78 is 29.0.